The molecule has 1 aromatic carbocycles. The van der Waals surface area contributed by atoms with E-state index in [2.05, 4.69) is 10.6 Å². The molecule has 0 spiro atoms. The van der Waals surface area contributed by atoms with Gasteiger partial charge < -0.3 is 15.1 Å². The zero-order chi connectivity index (χ0) is 13.8. The summed E-state index contributed by atoms with van der Waals surface area (Å²) >= 11 is 0. The fourth-order valence-corrected chi connectivity index (χ4v) is 1.86. The van der Waals surface area contributed by atoms with Gasteiger partial charge in [-0.15, -0.1) is 12.4 Å². The molecule has 20 heavy (non-hydrogen) atoms. The van der Waals surface area contributed by atoms with Gasteiger partial charge in [-0.05, 0) is 32.1 Å². The highest BCUT2D eigenvalue weighted by molar-refractivity contribution is 5.92. The van der Waals surface area contributed by atoms with Crippen molar-refractivity contribution in [2.45, 2.75) is 12.8 Å². The predicted molar refractivity (Wildman–Crippen MR) is 80.5 cm³/mol. The summed E-state index contributed by atoms with van der Waals surface area (Å²) in [7, 11) is 3.49. The van der Waals surface area contributed by atoms with Crippen molar-refractivity contribution in [3.8, 4) is 0 Å². The number of benzene rings is 1. The minimum Gasteiger partial charge on any atom is -0.408 e. The summed E-state index contributed by atoms with van der Waals surface area (Å²) < 4.78 is 6.49. The average molecular weight is 300 g/mol. The number of anilines is 1. The number of hydrogen-bond donors (Lipinski definition) is 2. The molecular weight excluding hydrogens is 282 g/mol. The molecule has 6 nitrogen and oxygen atoms in total. The molecule has 0 atom stereocenters. The normalized spacial score (nSPS) is 10.3. The van der Waals surface area contributed by atoms with E-state index in [4.69, 9.17) is 4.42 Å². The van der Waals surface area contributed by atoms with E-state index in [9.17, 15) is 9.59 Å². The van der Waals surface area contributed by atoms with Gasteiger partial charge >= 0.3 is 5.76 Å². The lowest BCUT2D eigenvalue weighted by Gasteiger charge is -2.04. The molecule has 0 bridgehead atoms. The highest BCUT2D eigenvalue weighted by Crippen LogP contribution is 2.17. The molecule has 2 aromatic rings. The molecule has 0 aliphatic heterocycles. The fourth-order valence-electron chi connectivity index (χ4n) is 1.86. The van der Waals surface area contributed by atoms with Crippen LogP contribution in [0.15, 0.2) is 27.4 Å². The van der Waals surface area contributed by atoms with Crippen LogP contribution in [0.5, 0.6) is 0 Å². The van der Waals surface area contributed by atoms with Gasteiger partial charge in [0.2, 0.25) is 5.91 Å². The maximum absolute atomic E-state index is 11.7. The van der Waals surface area contributed by atoms with E-state index in [1.165, 1.54) is 4.57 Å². The molecule has 0 saturated carbocycles. The molecule has 1 heterocycles. The van der Waals surface area contributed by atoms with Crippen LogP contribution in [0.1, 0.15) is 12.8 Å². The van der Waals surface area contributed by atoms with Crippen molar-refractivity contribution in [3.05, 3.63) is 28.7 Å². The monoisotopic (exact) mass is 299 g/mol. The van der Waals surface area contributed by atoms with Gasteiger partial charge in [0, 0.05) is 25.2 Å². The zero-order valence-corrected chi connectivity index (χ0v) is 12.3. The molecule has 110 valence electrons. The maximum atomic E-state index is 11.7. The lowest BCUT2D eigenvalue weighted by atomic mass is 10.2. The molecule has 0 saturated heterocycles. The summed E-state index contributed by atoms with van der Waals surface area (Å²) in [4.78, 5) is 23.0. The number of nitrogens with zero attached hydrogens (tertiary/aromatic N) is 1. The summed E-state index contributed by atoms with van der Waals surface area (Å²) in [6, 6.07) is 5.17. The zero-order valence-electron chi connectivity index (χ0n) is 11.4. The van der Waals surface area contributed by atoms with Gasteiger partial charge in [-0.25, -0.2) is 4.79 Å². The minimum absolute atomic E-state index is 0. The third-order valence-electron chi connectivity index (χ3n) is 2.91. The molecule has 0 radical (unpaired) electrons. The minimum atomic E-state index is -0.410. The average Bonchev–Trinajstić information content (AvgIpc) is 2.65. The number of fused-ring (bicyclic) bond motifs is 1. The third kappa shape index (κ3) is 3.61. The van der Waals surface area contributed by atoms with Crippen LogP contribution in [0.2, 0.25) is 0 Å². The van der Waals surface area contributed by atoms with Crippen LogP contribution in [0.4, 0.5) is 5.69 Å². The van der Waals surface area contributed by atoms with Gasteiger partial charge in [-0.1, -0.05) is 0 Å². The summed E-state index contributed by atoms with van der Waals surface area (Å²) in [6.07, 6.45) is 1.24. The number of oxazole rings is 1. The Morgan fingerprint density at radius 3 is 2.85 bits per heavy atom. The number of aromatic nitrogens is 1. The standard InChI is InChI=1S/C13H17N3O3.ClH/c1-14-7-3-4-12(17)15-9-5-6-10-11(8-9)19-13(18)16(10)2;/h5-6,8,14H,3-4,7H2,1-2H3,(H,15,17);1H. The van der Waals surface area contributed by atoms with Crippen LogP contribution in [-0.2, 0) is 11.8 Å². The van der Waals surface area contributed by atoms with Gasteiger partial charge in [0.05, 0.1) is 5.52 Å². The number of carbonyl (C=O) groups is 1. The highest BCUT2D eigenvalue weighted by atomic mass is 35.5. The Labute approximate surface area is 122 Å². The van der Waals surface area contributed by atoms with Crippen molar-refractivity contribution in [1.82, 2.24) is 9.88 Å². The van der Waals surface area contributed by atoms with Crippen LogP contribution in [0.25, 0.3) is 11.1 Å². The van der Waals surface area contributed by atoms with E-state index in [-0.39, 0.29) is 18.3 Å². The van der Waals surface area contributed by atoms with Crippen LogP contribution < -0.4 is 16.4 Å². The summed E-state index contributed by atoms with van der Waals surface area (Å²) in [6.45, 7) is 0.806. The molecule has 0 aliphatic carbocycles. The lowest BCUT2D eigenvalue weighted by Crippen LogP contribution is -2.15. The molecule has 1 aromatic heterocycles. The molecule has 2 N–H and O–H groups in total. The fraction of sp³-hybridized carbons (Fsp3) is 0.385. The quantitative estimate of drug-likeness (QED) is 0.820. The van der Waals surface area contributed by atoms with Crippen molar-refractivity contribution >= 4 is 35.1 Å². The highest BCUT2D eigenvalue weighted by Gasteiger charge is 2.08. The SMILES string of the molecule is CNCCCC(=O)Nc1ccc2c(c1)oc(=O)n2C.Cl. The Kier molecular flexibility index (Phi) is 5.79. The van der Waals surface area contributed by atoms with Crippen molar-refractivity contribution < 1.29 is 9.21 Å². The number of rotatable bonds is 5. The Bertz CT molecular complexity index is 648. The van der Waals surface area contributed by atoms with Crippen molar-refractivity contribution in [2.75, 3.05) is 18.9 Å². The first kappa shape index (κ1) is 16.3. The maximum Gasteiger partial charge on any atom is 0.419 e. The molecule has 0 fully saturated rings. The summed E-state index contributed by atoms with van der Waals surface area (Å²) in [5, 5.41) is 5.77. The summed E-state index contributed by atoms with van der Waals surface area (Å²) in [5.41, 5.74) is 1.81. The van der Waals surface area contributed by atoms with Gasteiger partial charge in [0.1, 0.15) is 0 Å². The number of nitrogens with one attached hydrogen (secondary N) is 2. The summed E-state index contributed by atoms with van der Waals surface area (Å²) in [5.74, 6) is -0.458. The molecule has 2 rings (SSSR count). The van der Waals surface area contributed by atoms with Gasteiger partial charge in [-0.2, -0.15) is 0 Å². The van der Waals surface area contributed by atoms with Gasteiger partial charge in [-0.3, -0.25) is 9.36 Å². The van der Waals surface area contributed by atoms with E-state index in [0.717, 1.165) is 13.0 Å². The second-order valence-electron chi connectivity index (χ2n) is 4.36. The first-order valence-corrected chi connectivity index (χ1v) is 6.16. The van der Waals surface area contributed by atoms with E-state index in [1.807, 2.05) is 7.05 Å². The first-order chi connectivity index (χ1) is 9.11. The van der Waals surface area contributed by atoms with E-state index in [1.54, 1.807) is 25.2 Å². The Morgan fingerprint density at radius 1 is 1.40 bits per heavy atom. The van der Waals surface area contributed by atoms with Crippen molar-refractivity contribution in [2.24, 2.45) is 7.05 Å². The second kappa shape index (κ2) is 7.12. The topological polar surface area (TPSA) is 76.3 Å². The van der Waals surface area contributed by atoms with E-state index >= 15 is 0 Å². The molecule has 1 amide bonds. The molecular formula is C13H18ClN3O3. The number of halogens is 1. The van der Waals surface area contributed by atoms with Gasteiger partial charge in [0.15, 0.2) is 5.58 Å². The Morgan fingerprint density at radius 2 is 2.15 bits per heavy atom. The van der Waals surface area contributed by atoms with Crippen LogP contribution in [0.3, 0.4) is 0 Å². The van der Waals surface area contributed by atoms with Crippen LogP contribution >= 0.6 is 12.4 Å². The smallest absolute Gasteiger partial charge is 0.408 e. The number of aryl methyl sites for hydroxylation is 1. The lowest BCUT2D eigenvalue weighted by molar-refractivity contribution is -0.116. The number of carbonyl (C=O) groups excluding carboxylic acids is 1. The largest absolute Gasteiger partial charge is 0.419 e. The number of amides is 1. The Balaban J connectivity index is 0.00000200. The van der Waals surface area contributed by atoms with E-state index < -0.39 is 5.76 Å². The van der Waals surface area contributed by atoms with E-state index in [0.29, 0.717) is 23.2 Å². The van der Waals surface area contributed by atoms with Crippen molar-refractivity contribution in [1.29, 1.82) is 0 Å². The Hall–Kier alpha value is -1.79. The molecule has 7 heteroatoms. The van der Waals surface area contributed by atoms with Crippen LogP contribution in [-0.4, -0.2) is 24.1 Å². The second-order valence-corrected chi connectivity index (χ2v) is 4.36. The number of hydrogen-bond acceptors (Lipinski definition) is 4. The van der Waals surface area contributed by atoms with Gasteiger partial charge in [0.25, 0.3) is 0 Å². The van der Waals surface area contributed by atoms with Crippen molar-refractivity contribution in [3.63, 3.8) is 0 Å². The third-order valence-corrected chi connectivity index (χ3v) is 2.91. The molecule has 0 unspecified atom stereocenters. The predicted octanol–water partition coefficient (Wildman–Crippen LogP) is 1.49. The van der Waals surface area contributed by atoms with Crippen LogP contribution in [0, 0.1) is 0 Å². The first-order valence-electron chi connectivity index (χ1n) is 6.16. The molecule has 0 aliphatic rings.